The smallest absolute Gasteiger partial charge is 0.247 e. The molecular formula is C16H19ClN4O2. The number of benzene rings is 1. The van der Waals surface area contributed by atoms with E-state index in [4.69, 9.17) is 21.8 Å². The van der Waals surface area contributed by atoms with Crippen molar-refractivity contribution in [2.24, 2.45) is 11.7 Å². The third kappa shape index (κ3) is 3.71. The molecule has 0 spiro atoms. The highest BCUT2D eigenvalue weighted by Crippen LogP contribution is 2.33. The van der Waals surface area contributed by atoms with E-state index in [9.17, 15) is 4.79 Å². The van der Waals surface area contributed by atoms with Crippen LogP contribution >= 0.6 is 11.6 Å². The van der Waals surface area contributed by atoms with Crippen molar-refractivity contribution in [2.45, 2.75) is 25.3 Å². The van der Waals surface area contributed by atoms with E-state index in [-0.39, 0.29) is 11.9 Å². The van der Waals surface area contributed by atoms with Crippen LogP contribution in [0.4, 0.5) is 0 Å². The summed E-state index contributed by atoms with van der Waals surface area (Å²) < 4.78 is 5.84. The van der Waals surface area contributed by atoms with Crippen LogP contribution in [0.1, 0.15) is 31.2 Å². The predicted octanol–water partition coefficient (Wildman–Crippen LogP) is 2.65. The molecule has 1 saturated heterocycles. The van der Waals surface area contributed by atoms with Crippen LogP contribution in [0.2, 0.25) is 5.02 Å². The average molecular weight is 335 g/mol. The maximum atomic E-state index is 11.1. The number of nitrogens with zero attached hydrogens (tertiary/aromatic N) is 3. The fourth-order valence-corrected chi connectivity index (χ4v) is 3.21. The Bertz CT molecular complexity index is 686. The Kier molecular flexibility index (Phi) is 4.63. The number of amides is 1. The number of primary amides is 1. The van der Waals surface area contributed by atoms with Crippen molar-refractivity contribution in [1.29, 1.82) is 0 Å². The molecule has 122 valence electrons. The predicted molar refractivity (Wildman–Crippen MR) is 86.7 cm³/mol. The van der Waals surface area contributed by atoms with Crippen molar-refractivity contribution in [3.05, 3.63) is 35.2 Å². The zero-order chi connectivity index (χ0) is 16.4. The molecule has 1 aromatic carbocycles. The summed E-state index contributed by atoms with van der Waals surface area (Å²) in [5, 5.41) is 8.99. The van der Waals surface area contributed by atoms with Crippen LogP contribution in [-0.4, -0.2) is 34.6 Å². The third-order valence-electron chi connectivity index (χ3n) is 4.23. The van der Waals surface area contributed by atoms with Gasteiger partial charge in [-0.05, 0) is 50.1 Å². The summed E-state index contributed by atoms with van der Waals surface area (Å²) in [5.41, 5.74) is 6.13. The van der Waals surface area contributed by atoms with Gasteiger partial charge in [0.25, 0.3) is 0 Å². The summed E-state index contributed by atoms with van der Waals surface area (Å²) in [4.78, 5) is 13.2. The molecule has 1 amide bonds. The van der Waals surface area contributed by atoms with Gasteiger partial charge in [0.15, 0.2) is 0 Å². The number of piperidine rings is 1. The van der Waals surface area contributed by atoms with Crippen LogP contribution in [0.5, 0.6) is 0 Å². The van der Waals surface area contributed by atoms with E-state index >= 15 is 0 Å². The zero-order valence-electron chi connectivity index (χ0n) is 12.9. The topological polar surface area (TPSA) is 85.2 Å². The van der Waals surface area contributed by atoms with Crippen LogP contribution in [0.15, 0.2) is 28.7 Å². The minimum Gasteiger partial charge on any atom is -0.419 e. The maximum Gasteiger partial charge on any atom is 0.247 e. The van der Waals surface area contributed by atoms with Crippen molar-refractivity contribution >= 4 is 17.5 Å². The molecule has 2 atom stereocenters. The highest BCUT2D eigenvalue weighted by molar-refractivity contribution is 6.30. The largest absolute Gasteiger partial charge is 0.419 e. The molecule has 1 aliphatic heterocycles. The normalized spacial score (nSPS) is 22.2. The second kappa shape index (κ2) is 6.68. The van der Waals surface area contributed by atoms with Crippen LogP contribution in [-0.2, 0) is 4.79 Å². The van der Waals surface area contributed by atoms with Crippen molar-refractivity contribution in [3.8, 4) is 11.5 Å². The van der Waals surface area contributed by atoms with Crippen molar-refractivity contribution in [2.75, 3.05) is 13.6 Å². The summed E-state index contributed by atoms with van der Waals surface area (Å²) in [7, 11) is 2.00. The standard InChI is InChI=1S/C16H19ClN4O2/c1-21-9-10(8-14(18)22)2-7-13(21)16-20-19-15(23-16)11-3-5-12(17)6-4-11/h3-6,10,13H,2,7-9H2,1H3,(H2,18,22)/t10-,13+/m1/s1. The molecule has 1 aliphatic rings. The van der Waals surface area contributed by atoms with Gasteiger partial charge in [0.05, 0.1) is 6.04 Å². The Morgan fingerprint density at radius 2 is 2.09 bits per heavy atom. The first-order valence-corrected chi connectivity index (χ1v) is 7.98. The van der Waals surface area contributed by atoms with E-state index in [1.165, 1.54) is 0 Å². The van der Waals surface area contributed by atoms with Gasteiger partial charge in [-0.25, -0.2) is 0 Å². The van der Waals surface area contributed by atoms with Gasteiger partial charge < -0.3 is 10.2 Å². The molecule has 0 radical (unpaired) electrons. The lowest BCUT2D eigenvalue weighted by Crippen LogP contribution is -2.37. The molecule has 0 bridgehead atoms. The van der Waals surface area contributed by atoms with Gasteiger partial charge in [-0.3, -0.25) is 9.69 Å². The van der Waals surface area contributed by atoms with Crippen LogP contribution in [0.25, 0.3) is 11.5 Å². The monoisotopic (exact) mass is 334 g/mol. The number of halogens is 1. The lowest BCUT2D eigenvalue weighted by atomic mass is 9.90. The maximum absolute atomic E-state index is 11.1. The lowest BCUT2D eigenvalue weighted by Gasteiger charge is -2.34. The van der Waals surface area contributed by atoms with E-state index < -0.39 is 0 Å². The molecule has 1 aromatic heterocycles. The van der Waals surface area contributed by atoms with Gasteiger partial charge in [-0.2, -0.15) is 0 Å². The molecule has 0 unspecified atom stereocenters. The third-order valence-corrected chi connectivity index (χ3v) is 4.49. The summed E-state index contributed by atoms with van der Waals surface area (Å²) >= 11 is 5.89. The van der Waals surface area contributed by atoms with Crippen molar-refractivity contribution in [3.63, 3.8) is 0 Å². The minimum absolute atomic E-state index is 0.0766. The van der Waals surface area contributed by atoms with Crippen molar-refractivity contribution in [1.82, 2.24) is 15.1 Å². The first-order chi connectivity index (χ1) is 11.0. The quantitative estimate of drug-likeness (QED) is 0.929. The molecule has 0 saturated carbocycles. The molecule has 2 aromatic rings. The number of nitrogens with two attached hydrogens (primary N) is 1. The number of aromatic nitrogens is 2. The first kappa shape index (κ1) is 16.0. The fraction of sp³-hybridized carbons (Fsp3) is 0.438. The first-order valence-electron chi connectivity index (χ1n) is 7.61. The number of likely N-dealkylation sites (tertiary alicyclic amines) is 1. The summed E-state index contributed by atoms with van der Waals surface area (Å²) in [6.07, 6.45) is 2.23. The molecule has 7 heteroatoms. The lowest BCUT2D eigenvalue weighted by molar-refractivity contribution is -0.119. The summed E-state index contributed by atoms with van der Waals surface area (Å²) in [6, 6.07) is 7.37. The number of carbonyl (C=O) groups is 1. The van der Waals surface area contributed by atoms with Gasteiger partial charge in [0.2, 0.25) is 17.7 Å². The summed E-state index contributed by atoms with van der Waals surface area (Å²) in [6.45, 7) is 0.798. The molecule has 3 rings (SSSR count). The molecule has 2 heterocycles. The van der Waals surface area contributed by atoms with E-state index in [1.54, 1.807) is 12.1 Å². The molecule has 1 fully saturated rings. The number of hydrogen-bond donors (Lipinski definition) is 1. The second-order valence-corrected chi connectivity index (χ2v) is 6.46. The van der Waals surface area contributed by atoms with Gasteiger partial charge in [-0.15, -0.1) is 10.2 Å². The SMILES string of the molecule is CN1C[C@@H](CC(N)=O)CC[C@H]1c1nnc(-c2ccc(Cl)cc2)o1. The van der Waals surface area contributed by atoms with Crippen LogP contribution in [0.3, 0.4) is 0 Å². The van der Waals surface area contributed by atoms with Crippen molar-refractivity contribution < 1.29 is 9.21 Å². The van der Waals surface area contributed by atoms with E-state index in [2.05, 4.69) is 15.1 Å². The highest BCUT2D eigenvalue weighted by Gasteiger charge is 2.31. The molecule has 6 nitrogen and oxygen atoms in total. The number of rotatable bonds is 4. The van der Waals surface area contributed by atoms with Gasteiger partial charge in [0.1, 0.15) is 0 Å². The van der Waals surface area contributed by atoms with Crippen LogP contribution in [0, 0.1) is 5.92 Å². The second-order valence-electron chi connectivity index (χ2n) is 6.02. The van der Waals surface area contributed by atoms with Gasteiger partial charge in [-0.1, -0.05) is 11.6 Å². The highest BCUT2D eigenvalue weighted by atomic mass is 35.5. The zero-order valence-corrected chi connectivity index (χ0v) is 13.7. The summed E-state index contributed by atoms with van der Waals surface area (Å²) in [5.74, 6) is 1.15. The Morgan fingerprint density at radius 3 is 2.74 bits per heavy atom. The Morgan fingerprint density at radius 1 is 1.35 bits per heavy atom. The fourth-order valence-electron chi connectivity index (χ4n) is 3.08. The molecule has 2 N–H and O–H groups in total. The Hall–Kier alpha value is -1.92. The number of carbonyl (C=O) groups excluding carboxylic acids is 1. The van der Waals surface area contributed by atoms with Gasteiger partial charge >= 0.3 is 0 Å². The Balaban J connectivity index is 1.71. The van der Waals surface area contributed by atoms with E-state index in [0.29, 0.717) is 29.1 Å². The van der Waals surface area contributed by atoms with E-state index in [1.807, 2.05) is 19.2 Å². The molecule has 0 aliphatic carbocycles. The molecular weight excluding hydrogens is 316 g/mol. The van der Waals surface area contributed by atoms with E-state index in [0.717, 1.165) is 24.9 Å². The average Bonchev–Trinajstić information content (AvgIpc) is 2.97. The number of hydrogen-bond acceptors (Lipinski definition) is 5. The van der Waals surface area contributed by atoms with Gasteiger partial charge in [0, 0.05) is 23.6 Å². The van der Waals surface area contributed by atoms with Crippen LogP contribution < -0.4 is 5.73 Å². The minimum atomic E-state index is -0.246. The Labute approximate surface area is 139 Å². The molecule has 23 heavy (non-hydrogen) atoms.